The lowest BCUT2D eigenvalue weighted by molar-refractivity contribution is 0.669. The summed E-state index contributed by atoms with van der Waals surface area (Å²) in [7, 11) is 0. The van der Waals surface area contributed by atoms with Crippen molar-refractivity contribution in [3.63, 3.8) is 0 Å². The van der Waals surface area contributed by atoms with Gasteiger partial charge in [-0.05, 0) is 94.0 Å². The van der Waals surface area contributed by atoms with Crippen LogP contribution in [-0.4, -0.2) is 0 Å². The molecule has 0 bridgehead atoms. The molecule has 11 aromatic rings. The number of para-hydroxylation sites is 4. The molecule has 0 radical (unpaired) electrons. The van der Waals surface area contributed by atoms with Crippen molar-refractivity contribution in [2.24, 2.45) is 0 Å². The van der Waals surface area contributed by atoms with Gasteiger partial charge in [-0.15, -0.1) is 0 Å². The molecule has 0 amide bonds. The Bertz CT molecular complexity index is 3220. The van der Waals surface area contributed by atoms with Gasteiger partial charge in [0, 0.05) is 39.0 Å². The number of anilines is 6. The maximum Gasteiger partial charge on any atom is 0.159 e. The van der Waals surface area contributed by atoms with E-state index in [4.69, 9.17) is 4.42 Å². The molecule has 0 N–H and O–H groups in total. The largest absolute Gasteiger partial charge is 0.454 e. The van der Waals surface area contributed by atoms with Crippen molar-refractivity contribution in [2.75, 3.05) is 9.80 Å². The Hall–Kier alpha value is -8.40. The molecule has 0 aliphatic carbocycles. The Kier molecular flexibility index (Phi) is 9.89. The van der Waals surface area contributed by atoms with Crippen LogP contribution >= 0.6 is 0 Å². The summed E-state index contributed by atoms with van der Waals surface area (Å²) in [4.78, 5) is 4.74. The highest BCUT2D eigenvalue weighted by molar-refractivity contribution is 6.11. The van der Waals surface area contributed by atoms with Crippen LogP contribution in [0.3, 0.4) is 0 Å². The molecule has 3 nitrogen and oxygen atoms in total. The van der Waals surface area contributed by atoms with E-state index in [2.05, 4.69) is 259 Å². The highest BCUT2D eigenvalue weighted by Crippen LogP contribution is 2.49. The fourth-order valence-corrected chi connectivity index (χ4v) is 8.84. The van der Waals surface area contributed by atoms with E-state index >= 15 is 0 Å². The average Bonchev–Trinajstić information content (AvgIpc) is 3.76. The first-order valence-corrected chi connectivity index (χ1v) is 21.4. The molecule has 0 unspecified atom stereocenters. The van der Waals surface area contributed by atoms with Crippen molar-refractivity contribution >= 4 is 56.1 Å². The maximum atomic E-state index is 6.76. The van der Waals surface area contributed by atoms with Gasteiger partial charge in [0.2, 0.25) is 0 Å². The van der Waals surface area contributed by atoms with Crippen LogP contribution in [0.2, 0.25) is 0 Å². The molecule has 11 rings (SSSR count). The number of hydrogen-bond acceptors (Lipinski definition) is 3. The molecule has 0 fully saturated rings. The number of nitrogens with zero attached hydrogens (tertiary/aromatic N) is 2. The van der Waals surface area contributed by atoms with Gasteiger partial charge in [0.15, 0.2) is 5.58 Å². The molecular weight excluding hydrogens is 765 g/mol. The molecule has 1 aromatic heterocycles. The maximum absolute atomic E-state index is 6.76. The lowest BCUT2D eigenvalue weighted by Crippen LogP contribution is -2.13. The predicted molar refractivity (Wildman–Crippen MR) is 265 cm³/mol. The van der Waals surface area contributed by atoms with Crippen molar-refractivity contribution in [1.29, 1.82) is 0 Å². The summed E-state index contributed by atoms with van der Waals surface area (Å²) in [5.41, 5.74) is 17.1. The van der Waals surface area contributed by atoms with Gasteiger partial charge in [-0.3, -0.25) is 0 Å². The van der Waals surface area contributed by atoms with E-state index in [1.165, 1.54) is 27.8 Å². The van der Waals surface area contributed by atoms with Gasteiger partial charge in [-0.2, -0.15) is 0 Å². The second-order valence-electron chi connectivity index (χ2n) is 15.7. The van der Waals surface area contributed by atoms with E-state index in [9.17, 15) is 0 Å². The summed E-state index contributed by atoms with van der Waals surface area (Å²) in [6.45, 7) is 0. The summed E-state index contributed by atoms with van der Waals surface area (Å²) in [6.07, 6.45) is 0. The summed E-state index contributed by atoms with van der Waals surface area (Å²) in [5, 5.41) is 2.18. The van der Waals surface area contributed by atoms with Crippen LogP contribution in [0.5, 0.6) is 0 Å². The molecule has 0 saturated heterocycles. The molecule has 298 valence electrons. The SMILES string of the molecule is c1ccc(-c2ccc(N(c3ccc(-c4ccccc4)cc3)c3ccccc3-c3ccccc3N(c3ccc(-c4ccccc4)cc3)c3cccc4c3oc3ccccc34)cc2)cc1. The van der Waals surface area contributed by atoms with Crippen LogP contribution in [-0.2, 0) is 0 Å². The lowest BCUT2D eigenvalue weighted by atomic mass is 9.97. The summed E-state index contributed by atoms with van der Waals surface area (Å²) in [5.74, 6) is 0. The lowest BCUT2D eigenvalue weighted by Gasteiger charge is -2.31. The van der Waals surface area contributed by atoms with Gasteiger partial charge >= 0.3 is 0 Å². The van der Waals surface area contributed by atoms with Crippen LogP contribution in [0.25, 0.3) is 66.4 Å². The van der Waals surface area contributed by atoms with Crippen molar-refractivity contribution in [3.05, 3.63) is 255 Å². The minimum Gasteiger partial charge on any atom is -0.454 e. The van der Waals surface area contributed by atoms with Gasteiger partial charge in [-0.25, -0.2) is 0 Å². The third kappa shape index (κ3) is 7.22. The molecule has 1 heterocycles. The Morgan fingerprint density at radius 3 is 1.08 bits per heavy atom. The minimum atomic E-state index is 0.840. The van der Waals surface area contributed by atoms with E-state index in [0.717, 1.165) is 72.8 Å². The zero-order valence-electron chi connectivity index (χ0n) is 34.6. The van der Waals surface area contributed by atoms with Crippen molar-refractivity contribution in [2.45, 2.75) is 0 Å². The number of benzene rings is 10. The highest BCUT2D eigenvalue weighted by atomic mass is 16.3. The van der Waals surface area contributed by atoms with Gasteiger partial charge in [0.1, 0.15) is 5.58 Å². The molecule has 0 spiro atoms. The standard InChI is InChI=1S/C60H42N2O/c1-4-17-43(18-5-1)46-31-37-49(38-32-46)61(50-39-33-47(34-40-50)44-19-6-2-7-20-44)56-27-13-10-23-52(56)53-24-11-14-28-57(53)62(51-41-35-48(36-42-51)45-21-8-3-9-22-45)58-29-16-26-55-54-25-12-15-30-59(54)63-60(55)58/h1-42H. The first-order chi connectivity index (χ1) is 31.3. The van der Waals surface area contributed by atoms with E-state index in [1.807, 2.05) is 6.07 Å². The van der Waals surface area contributed by atoms with Crippen LogP contribution in [0.4, 0.5) is 34.1 Å². The van der Waals surface area contributed by atoms with Crippen LogP contribution < -0.4 is 9.80 Å². The second-order valence-corrected chi connectivity index (χ2v) is 15.7. The Balaban J connectivity index is 1.10. The first-order valence-electron chi connectivity index (χ1n) is 21.4. The molecule has 0 saturated carbocycles. The van der Waals surface area contributed by atoms with E-state index in [1.54, 1.807) is 0 Å². The molecule has 10 aromatic carbocycles. The molecular formula is C60H42N2O. The molecule has 0 aliphatic heterocycles. The van der Waals surface area contributed by atoms with Crippen molar-refractivity contribution in [3.8, 4) is 44.5 Å². The quantitative estimate of drug-likeness (QED) is 0.137. The first kappa shape index (κ1) is 37.6. The predicted octanol–water partition coefficient (Wildman–Crippen LogP) is 17.2. The Morgan fingerprint density at radius 2 is 0.587 bits per heavy atom. The zero-order chi connectivity index (χ0) is 42.0. The number of hydrogen-bond donors (Lipinski definition) is 0. The van der Waals surface area contributed by atoms with Crippen LogP contribution in [0.1, 0.15) is 0 Å². The molecule has 3 heteroatoms. The second kappa shape index (κ2) is 16.6. The zero-order valence-corrected chi connectivity index (χ0v) is 34.6. The monoisotopic (exact) mass is 806 g/mol. The van der Waals surface area contributed by atoms with Crippen molar-refractivity contribution < 1.29 is 4.42 Å². The summed E-state index contributed by atoms with van der Waals surface area (Å²) < 4.78 is 6.76. The molecule has 0 aliphatic rings. The normalized spacial score (nSPS) is 11.2. The highest BCUT2D eigenvalue weighted by Gasteiger charge is 2.25. The molecule has 0 atom stereocenters. The van der Waals surface area contributed by atoms with E-state index in [-0.39, 0.29) is 0 Å². The topological polar surface area (TPSA) is 19.6 Å². The Labute approximate surface area is 368 Å². The third-order valence-electron chi connectivity index (χ3n) is 11.9. The van der Waals surface area contributed by atoms with E-state index < -0.39 is 0 Å². The van der Waals surface area contributed by atoms with E-state index in [0.29, 0.717) is 0 Å². The average molecular weight is 807 g/mol. The minimum absolute atomic E-state index is 0.840. The fourth-order valence-electron chi connectivity index (χ4n) is 8.84. The van der Waals surface area contributed by atoms with Gasteiger partial charge in [-0.1, -0.05) is 194 Å². The number of fused-ring (bicyclic) bond motifs is 3. The van der Waals surface area contributed by atoms with Gasteiger partial charge in [0.05, 0.1) is 17.1 Å². The van der Waals surface area contributed by atoms with Gasteiger partial charge in [0.25, 0.3) is 0 Å². The summed E-state index contributed by atoms with van der Waals surface area (Å²) >= 11 is 0. The van der Waals surface area contributed by atoms with Crippen LogP contribution in [0.15, 0.2) is 259 Å². The van der Waals surface area contributed by atoms with Gasteiger partial charge < -0.3 is 14.2 Å². The third-order valence-corrected chi connectivity index (χ3v) is 11.9. The fraction of sp³-hybridized carbons (Fsp3) is 0. The van der Waals surface area contributed by atoms with Crippen LogP contribution in [0, 0.1) is 0 Å². The Morgan fingerprint density at radius 1 is 0.238 bits per heavy atom. The van der Waals surface area contributed by atoms with Crippen molar-refractivity contribution in [1.82, 2.24) is 0 Å². The summed E-state index contributed by atoms with van der Waals surface area (Å²) in [6, 6.07) is 90.7. The number of furan rings is 1. The molecule has 63 heavy (non-hydrogen) atoms. The number of rotatable bonds is 10. The smallest absolute Gasteiger partial charge is 0.159 e.